The van der Waals surface area contributed by atoms with Gasteiger partial charge in [-0.3, -0.25) is 9.69 Å². The molecule has 5 nitrogen and oxygen atoms in total. The van der Waals surface area contributed by atoms with Gasteiger partial charge in [0.2, 0.25) is 0 Å². The first-order valence-electron chi connectivity index (χ1n) is 6.13. The Balaban J connectivity index is 2.62. The molecule has 0 aromatic heterocycles. The third-order valence-corrected chi connectivity index (χ3v) is 2.75. The van der Waals surface area contributed by atoms with Crippen LogP contribution in [0, 0.1) is 11.3 Å². The second-order valence-electron chi connectivity index (χ2n) is 4.16. The van der Waals surface area contributed by atoms with Crippen molar-refractivity contribution in [3.63, 3.8) is 0 Å². The highest BCUT2D eigenvalue weighted by Crippen LogP contribution is 2.21. The van der Waals surface area contributed by atoms with Crippen molar-refractivity contribution in [2.24, 2.45) is 0 Å². The van der Waals surface area contributed by atoms with Gasteiger partial charge in [-0.25, -0.2) is 0 Å². The number of benzene rings is 1. The topological polar surface area (TPSA) is 73.6 Å². The van der Waals surface area contributed by atoms with Crippen molar-refractivity contribution in [1.82, 2.24) is 4.90 Å². The van der Waals surface area contributed by atoms with Crippen LogP contribution >= 0.6 is 0 Å². The van der Waals surface area contributed by atoms with Crippen LogP contribution in [-0.4, -0.2) is 36.2 Å². The molecule has 0 aliphatic rings. The zero-order chi connectivity index (χ0) is 14.3. The van der Waals surface area contributed by atoms with E-state index in [1.54, 1.807) is 43.1 Å². The molecule has 0 bridgehead atoms. The number of hydrogen-bond donors (Lipinski definition) is 1. The van der Waals surface area contributed by atoms with Gasteiger partial charge in [-0.15, -0.1) is 0 Å². The molecule has 19 heavy (non-hydrogen) atoms. The SMILES string of the molecule is CCOC(=O)CCN(C)C(C#N)c1ccc(O)cc1. The number of carbonyl (C=O) groups is 1. The molecule has 0 saturated carbocycles. The van der Waals surface area contributed by atoms with E-state index >= 15 is 0 Å². The van der Waals surface area contributed by atoms with E-state index in [1.165, 1.54) is 0 Å². The Labute approximate surface area is 113 Å². The Hall–Kier alpha value is -2.06. The third kappa shape index (κ3) is 4.60. The fourth-order valence-electron chi connectivity index (χ4n) is 1.71. The van der Waals surface area contributed by atoms with Crippen molar-refractivity contribution >= 4 is 5.97 Å². The van der Waals surface area contributed by atoms with Crippen molar-refractivity contribution in [3.05, 3.63) is 29.8 Å². The van der Waals surface area contributed by atoms with Crippen LogP contribution in [0.2, 0.25) is 0 Å². The van der Waals surface area contributed by atoms with Crippen LogP contribution in [0.4, 0.5) is 0 Å². The molecule has 1 aromatic carbocycles. The minimum absolute atomic E-state index is 0.162. The van der Waals surface area contributed by atoms with E-state index < -0.39 is 6.04 Å². The first kappa shape index (κ1) is 15.0. The molecular formula is C14H18N2O3. The molecule has 102 valence electrons. The summed E-state index contributed by atoms with van der Waals surface area (Å²) in [5, 5.41) is 18.4. The average Bonchev–Trinajstić information content (AvgIpc) is 2.40. The number of hydrogen-bond acceptors (Lipinski definition) is 5. The molecule has 1 rings (SSSR count). The molecule has 1 aromatic rings. The average molecular weight is 262 g/mol. The maximum Gasteiger partial charge on any atom is 0.307 e. The lowest BCUT2D eigenvalue weighted by Crippen LogP contribution is -2.26. The smallest absolute Gasteiger partial charge is 0.307 e. The summed E-state index contributed by atoms with van der Waals surface area (Å²) < 4.78 is 4.85. The number of rotatable bonds is 6. The highest BCUT2D eigenvalue weighted by molar-refractivity contribution is 5.69. The third-order valence-electron chi connectivity index (χ3n) is 2.75. The molecule has 0 radical (unpaired) electrons. The number of nitrogens with zero attached hydrogens (tertiary/aromatic N) is 2. The minimum Gasteiger partial charge on any atom is -0.508 e. The molecule has 1 unspecified atom stereocenters. The number of phenols is 1. The largest absolute Gasteiger partial charge is 0.508 e. The van der Waals surface area contributed by atoms with Crippen LogP contribution in [-0.2, 0) is 9.53 Å². The summed E-state index contributed by atoms with van der Waals surface area (Å²) in [5.41, 5.74) is 0.784. The number of esters is 1. The van der Waals surface area contributed by atoms with Crippen molar-refractivity contribution in [1.29, 1.82) is 5.26 Å². The summed E-state index contributed by atoms with van der Waals surface area (Å²) in [6.07, 6.45) is 0.251. The summed E-state index contributed by atoms with van der Waals surface area (Å²) in [7, 11) is 1.78. The van der Waals surface area contributed by atoms with E-state index in [0.29, 0.717) is 13.2 Å². The minimum atomic E-state index is -0.449. The van der Waals surface area contributed by atoms with Gasteiger partial charge in [0.15, 0.2) is 0 Å². The standard InChI is InChI=1S/C14H18N2O3/c1-3-19-14(18)8-9-16(2)13(10-15)11-4-6-12(17)7-5-11/h4-7,13,17H,3,8-9H2,1-2H3. The number of nitriles is 1. The summed E-state index contributed by atoms with van der Waals surface area (Å²) in [5.74, 6) is -0.105. The maximum absolute atomic E-state index is 11.3. The van der Waals surface area contributed by atoms with E-state index in [-0.39, 0.29) is 18.1 Å². The molecule has 1 atom stereocenters. The Morgan fingerprint density at radius 1 is 1.47 bits per heavy atom. The fourth-order valence-corrected chi connectivity index (χ4v) is 1.71. The van der Waals surface area contributed by atoms with Gasteiger partial charge in [0.25, 0.3) is 0 Å². The number of ether oxygens (including phenoxy) is 1. The summed E-state index contributed by atoms with van der Waals surface area (Å²) in [6.45, 7) is 2.57. The van der Waals surface area contributed by atoms with Gasteiger partial charge < -0.3 is 9.84 Å². The molecule has 0 aliphatic heterocycles. The van der Waals surface area contributed by atoms with Crippen LogP contribution in [0.1, 0.15) is 24.9 Å². The van der Waals surface area contributed by atoms with E-state index in [4.69, 9.17) is 4.74 Å². The van der Waals surface area contributed by atoms with Crippen LogP contribution < -0.4 is 0 Å². The quantitative estimate of drug-likeness (QED) is 0.792. The monoisotopic (exact) mass is 262 g/mol. The summed E-state index contributed by atoms with van der Waals surface area (Å²) in [6, 6.07) is 8.21. The summed E-state index contributed by atoms with van der Waals surface area (Å²) in [4.78, 5) is 13.1. The molecule has 1 N–H and O–H groups in total. The molecule has 0 spiro atoms. The highest BCUT2D eigenvalue weighted by atomic mass is 16.5. The lowest BCUT2D eigenvalue weighted by molar-refractivity contribution is -0.143. The lowest BCUT2D eigenvalue weighted by Gasteiger charge is -2.22. The van der Waals surface area contributed by atoms with Gasteiger partial charge in [-0.2, -0.15) is 5.26 Å². The first-order valence-corrected chi connectivity index (χ1v) is 6.13. The van der Waals surface area contributed by atoms with Crippen LogP contribution in [0.3, 0.4) is 0 Å². The molecule has 0 heterocycles. The lowest BCUT2D eigenvalue weighted by atomic mass is 10.1. The predicted octanol–water partition coefficient (Wildman–Crippen LogP) is 1.84. The molecule has 0 saturated heterocycles. The van der Waals surface area contributed by atoms with Crippen molar-refractivity contribution < 1.29 is 14.6 Å². The molecule has 0 amide bonds. The second kappa shape index (κ2) is 7.39. The van der Waals surface area contributed by atoms with Crippen LogP contribution in [0.25, 0.3) is 0 Å². The zero-order valence-electron chi connectivity index (χ0n) is 11.2. The molecular weight excluding hydrogens is 244 g/mol. The van der Waals surface area contributed by atoms with Gasteiger partial charge in [0.1, 0.15) is 11.8 Å². The Kier molecular flexibility index (Phi) is 5.83. The zero-order valence-corrected chi connectivity index (χ0v) is 11.2. The van der Waals surface area contributed by atoms with E-state index in [0.717, 1.165) is 5.56 Å². The Morgan fingerprint density at radius 2 is 2.11 bits per heavy atom. The number of carbonyl (C=O) groups excluding carboxylic acids is 1. The van der Waals surface area contributed by atoms with E-state index in [2.05, 4.69) is 6.07 Å². The van der Waals surface area contributed by atoms with Crippen molar-refractivity contribution in [2.75, 3.05) is 20.2 Å². The number of aromatic hydroxyl groups is 1. The van der Waals surface area contributed by atoms with Gasteiger partial charge in [-0.1, -0.05) is 12.1 Å². The van der Waals surface area contributed by atoms with Crippen LogP contribution in [0.5, 0.6) is 5.75 Å². The molecule has 0 fully saturated rings. The van der Waals surface area contributed by atoms with E-state index in [9.17, 15) is 15.2 Å². The van der Waals surface area contributed by atoms with Crippen molar-refractivity contribution in [2.45, 2.75) is 19.4 Å². The molecule has 0 aliphatic carbocycles. The van der Waals surface area contributed by atoms with Gasteiger partial charge in [0.05, 0.1) is 19.1 Å². The van der Waals surface area contributed by atoms with Crippen LogP contribution in [0.15, 0.2) is 24.3 Å². The van der Waals surface area contributed by atoms with Gasteiger partial charge in [-0.05, 0) is 31.7 Å². The predicted molar refractivity (Wildman–Crippen MR) is 70.3 cm³/mol. The Bertz CT molecular complexity index is 451. The van der Waals surface area contributed by atoms with Gasteiger partial charge in [0, 0.05) is 6.54 Å². The highest BCUT2D eigenvalue weighted by Gasteiger charge is 2.17. The van der Waals surface area contributed by atoms with E-state index in [1.807, 2.05) is 0 Å². The normalized spacial score (nSPS) is 11.9. The van der Waals surface area contributed by atoms with Crippen molar-refractivity contribution in [3.8, 4) is 11.8 Å². The fraction of sp³-hybridized carbons (Fsp3) is 0.429. The molecule has 5 heteroatoms. The summed E-state index contributed by atoms with van der Waals surface area (Å²) >= 11 is 0. The first-order chi connectivity index (χ1) is 9.08. The maximum atomic E-state index is 11.3. The second-order valence-corrected chi connectivity index (χ2v) is 4.16. The van der Waals surface area contributed by atoms with Gasteiger partial charge >= 0.3 is 5.97 Å². The number of phenolic OH excluding ortho intramolecular Hbond substituents is 1. The Morgan fingerprint density at radius 3 is 2.63 bits per heavy atom.